The second-order valence-electron chi connectivity index (χ2n) is 6.88. The fourth-order valence-electron chi connectivity index (χ4n) is 3.44. The molecule has 1 fully saturated rings. The van der Waals surface area contributed by atoms with Gasteiger partial charge in [-0.05, 0) is 30.3 Å². The van der Waals surface area contributed by atoms with Crippen molar-refractivity contribution in [3.63, 3.8) is 0 Å². The number of pyridine rings is 1. The number of sulfonamides is 1. The van der Waals surface area contributed by atoms with Crippen LogP contribution >= 0.6 is 0 Å². The topological polar surface area (TPSA) is 57.9 Å². The third-order valence-electron chi connectivity index (χ3n) is 5.01. The van der Waals surface area contributed by atoms with Crippen molar-refractivity contribution in [1.29, 1.82) is 0 Å². The van der Waals surface area contributed by atoms with Crippen LogP contribution in [-0.4, -0.2) is 53.2 Å². The molecule has 0 bridgehead atoms. The Balaban J connectivity index is 1.45. The zero-order valence-corrected chi connectivity index (χ0v) is 16.2. The lowest BCUT2D eigenvalue weighted by Gasteiger charge is -2.33. The van der Waals surface area contributed by atoms with E-state index in [9.17, 15) is 21.6 Å². The lowest BCUT2D eigenvalue weighted by atomic mass is 10.2. The summed E-state index contributed by atoms with van der Waals surface area (Å²) in [4.78, 5) is 6.12. The standard InChI is InChI=1S/C19H19F3N4O2S/c20-19(21,22)15-4-3-5-17(12-15)29(27,28)25-10-8-24(9-11-25)14-16-13-23-18-6-1-2-7-26(16)18/h1-7,12-13H,8-11,14H2. The number of benzene rings is 1. The molecule has 0 saturated carbocycles. The fourth-order valence-corrected chi connectivity index (χ4v) is 4.91. The van der Waals surface area contributed by atoms with E-state index in [0.29, 0.717) is 25.7 Å². The second kappa shape index (κ2) is 7.43. The highest BCUT2D eigenvalue weighted by molar-refractivity contribution is 7.89. The van der Waals surface area contributed by atoms with E-state index in [1.54, 1.807) is 6.20 Å². The number of hydrogen-bond donors (Lipinski definition) is 0. The number of halogens is 3. The molecule has 4 rings (SSSR count). The SMILES string of the molecule is O=S(=O)(c1cccc(C(F)(F)F)c1)N1CCN(Cc2cnc3ccccn23)CC1. The Morgan fingerprint density at radius 1 is 1.00 bits per heavy atom. The van der Waals surface area contributed by atoms with Gasteiger partial charge < -0.3 is 4.40 Å². The first-order valence-corrected chi connectivity index (χ1v) is 10.5. The monoisotopic (exact) mass is 424 g/mol. The fraction of sp³-hybridized carbons (Fsp3) is 0.316. The minimum absolute atomic E-state index is 0.218. The van der Waals surface area contributed by atoms with Crippen LogP contribution in [0.25, 0.3) is 5.65 Å². The van der Waals surface area contributed by atoms with E-state index in [2.05, 4.69) is 9.88 Å². The molecular weight excluding hydrogens is 405 g/mol. The third kappa shape index (κ3) is 4.00. The molecule has 0 radical (unpaired) electrons. The van der Waals surface area contributed by atoms with E-state index in [1.807, 2.05) is 28.8 Å². The molecule has 3 aromatic rings. The average molecular weight is 424 g/mol. The first-order chi connectivity index (χ1) is 13.7. The highest BCUT2D eigenvalue weighted by atomic mass is 32.2. The van der Waals surface area contributed by atoms with Gasteiger partial charge in [0, 0.05) is 38.9 Å². The Bertz CT molecular complexity index is 1120. The van der Waals surface area contributed by atoms with Crippen molar-refractivity contribution in [2.45, 2.75) is 17.6 Å². The van der Waals surface area contributed by atoms with Crippen LogP contribution in [0.3, 0.4) is 0 Å². The number of fused-ring (bicyclic) bond motifs is 1. The van der Waals surface area contributed by atoms with Crippen LogP contribution in [0.1, 0.15) is 11.3 Å². The number of imidazole rings is 1. The van der Waals surface area contributed by atoms with Crippen LogP contribution in [0.2, 0.25) is 0 Å². The van der Waals surface area contributed by atoms with Crippen molar-refractivity contribution >= 4 is 15.7 Å². The van der Waals surface area contributed by atoms with E-state index < -0.39 is 21.8 Å². The molecule has 1 saturated heterocycles. The molecule has 1 aromatic carbocycles. The summed E-state index contributed by atoms with van der Waals surface area (Å²) in [6.45, 7) is 2.02. The molecule has 0 unspecified atom stereocenters. The minimum Gasteiger partial charge on any atom is -0.303 e. The lowest BCUT2D eigenvalue weighted by Crippen LogP contribution is -2.48. The maximum Gasteiger partial charge on any atom is 0.416 e. The molecule has 6 nitrogen and oxygen atoms in total. The van der Waals surface area contributed by atoms with Gasteiger partial charge >= 0.3 is 6.18 Å². The van der Waals surface area contributed by atoms with Crippen molar-refractivity contribution in [3.05, 3.63) is 66.1 Å². The third-order valence-corrected chi connectivity index (χ3v) is 6.90. The first-order valence-electron chi connectivity index (χ1n) is 9.06. The molecule has 1 aliphatic heterocycles. The molecule has 10 heteroatoms. The number of nitrogens with zero attached hydrogens (tertiary/aromatic N) is 4. The van der Waals surface area contributed by atoms with Crippen molar-refractivity contribution in [1.82, 2.24) is 18.6 Å². The summed E-state index contributed by atoms with van der Waals surface area (Å²) in [5, 5.41) is 0. The van der Waals surface area contributed by atoms with Crippen molar-refractivity contribution in [2.24, 2.45) is 0 Å². The van der Waals surface area contributed by atoms with Gasteiger partial charge in [0.2, 0.25) is 10.0 Å². The smallest absolute Gasteiger partial charge is 0.303 e. The number of aromatic nitrogens is 2. The summed E-state index contributed by atoms with van der Waals surface area (Å²) in [6.07, 6.45) is -0.870. The lowest BCUT2D eigenvalue weighted by molar-refractivity contribution is -0.137. The molecule has 0 N–H and O–H groups in total. The van der Waals surface area contributed by atoms with Gasteiger partial charge in [-0.2, -0.15) is 17.5 Å². The zero-order valence-electron chi connectivity index (χ0n) is 15.4. The van der Waals surface area contributed by atoms with E-state index in [-0.39, 0.29) is 18.0 Å². The Labute approximate surface area is 166 Å². The van der Waals surface area contributed by atoms with Crippen molar-refractivity contribution in [3.8, 4) is 0 Å². The van der Waals surface area contributed by atoms with Gasteiger partial charge in [-0.3, -0.25) is 4.90 Å². The molecule has 0 amide bonds. The number of piperazine rings is 1. The van der Waals surface area contributed by atoms with Crippen LogP contribution in [0.4, 0.5) is 13.2 Å². The van der Waals surface area contributed by atoms with Gasteiger partial charge in [-0.25, -0.2) is 13.4 Å². The first kappa shape index (κ1) is 19.9. The average Bonchev–Trinajstić information content (AvgIpc) is 3.11. The van der Waals surface area contributed by atoms with Crippen LogP contribution < -0.4 is 0 Å². The predicted octanol–water partition coefficient (Wildman–Crippen LogP) is 2.86. The molecule has 29 heavy (non-hydrogen) atoms. The van der Waals surface area contributed by atoms with E-state index in [0.717, 1.165) is 23.5 Å². The maximum absolute atomic E-state index is 12.9. The molecular formula is C19H19F3N4O2S. The number of rotatable bonds is 4. The normalized spacial score (nSPS) is 17.1. The van der Waals surface area contributed by atoms with Crippen LogP contribution in [0.15, 0.2) is 59.8 Å². The number of alkyl halides is 3. The summed E-state index contributed by atoms with van der Waals surface area (Å²) in [6, 6.07) is 9.61. The summed E-state index contributed by atoms with van der Waals surface area (Å²) in [7, 11) is -3.98. The Morgan fingerprint density at radius 3 is 2.48 bits per heavy atom. The molecule has 2 aromatic heterocycles. The predicted molar refractivity (Wildman–Crippen MR) is 101 cm³/mol. The Hall–Kier alpha value is -2.43. The van der Waals surface area contributed by atoms with Gasteiger partial charge in [-0.1, -0.05) is 12.1 Å². The molecule has 3 heterocycles. The quantitative estimate of drug-likeness (QED) is 0.646. The van der Waals surface area contributed by atoms with Crippen LogP contribution in [0, 0.1) is 0 Å². The van der Waals surface area contributed by atoms with Crippen molar-refractivity contribution in [2.75, 3.05) is 26.2 Å². The molecule has 0 atom stereocenters. The summed E-state index contributed by atoms with van der Waals surface area (Å²) < 4.78 is 67.6. The number of hydrogen-bond acceptors (Lipinski definition) is 4. The molecule has 0 spiro atoms. The van der Waals surface area contributed by atoms with E-state index in [4.69, 9.17) is 0 Å². The van der Waals surface area contributed by atoms with Crippen LogP contribution in [0.5, 0.6) is 0 Å². The highest BCUT2D eigenvalue weighted by Gasteiger charge is 2.34. The highest BCUT2D eigenvalue weighted by Crippen LogP contribution is 2.31. The maximum atomic E-state index is 12.9. The molecule has 1 aliphatic rings. The van der Waals surface area contributed by atoms with Gasteiger partial charge in [0.15, 0.2) is 0 Å². The van der Waals surface area contributed by atoms with Gasteiger partial charge in [-0.15, -0.1) is 0 Å². The van der Waals surface area contributed by atoms with Crippen LogP contribution in [-0.2, 0) is 22.7 Å². The Kier molecular flexibility index (Phi) is 5.09. The van der Waals surface area contributed by atoms with Crippen molar-refractivity contribution < 1.29 is 21.6 Å². The zero-order chi connectivity index (χ0) is 20.6. The largest absolute Gasteiger partial charge is 0.416 e. The van der Waals surface area contributed by atoms with E-state index in [1.165, 1.54) is 10.4 Å². The van der Waals surface area contributed by atoms with Gasteiger partial charge in [0.25, 0.3) is 0 Å². The summed E-state index contributed by atoms with van der Waals surface area (Å²) in [5.74, 6) is 0. The van der Waals surface area contributed by atoms with Gasteiger partial charge in [0.1, 0.15) is 5.65 Å². The minimum atomic E-state index is -4.59. The molecule has 0 aliphatic carbocycles. The van der Waals surface area contributed by atoms with Gasteiger partial charge in [0.05, 0.1) is 22.3 Å². The summed E-state index contributed by atoms with van der Waals surface area (Å²) in [5.41, 5.74) is 0.868. The Morgan fingerprint density at radius 2 is 1.76 bits per heavy atom. The second-order valence-corrected chi connectivity index (χ2v) is 8.82. The molecule has 154 valence electrons. The van der Waals surface area contributed by atoms with E-state index >= 15 is 0 Å². The summed E-state index contributed by atoms with van der Waals surface area (Å²) >= 11 is 0.